The molecule has 0 unspecified atom stereocenters. The van der Waals surface area contributed by atoms with Crippen LogP contribution < -0.4 is 0 Å². The lowest BCUT2D eigenvalue weighted by Gasteiger charge is -2.06. The van der Waals surface area contributed by atoms with E-state index >= 15 is 0 Å². The minimum absolute atomic E-state index is 0.998. The molecular weight excluding hydrogens is 665 g/mol. The normalized spacial score (nSPS) is 11.7. The molecule has 0 saturated heterocycles. The van der Waals surface area contributed by atoms with Gasteiger partial charge >= 0.3 is 0 Å². The number of hydrogen-bond acceptors (Lipinski definition) is 1. The number of hydrogen-bond donors (Lipinski definition) is 0. The average Bonchev–Trinajstić information content (AvgIpc) is 3.20. The summed E-state index contributed by atoms with van der Waals surface area (Å²) in [7, 11) is 0. The summed E-state index contributed by atoms with van der Waals surface area (Å²) in [5, 5.41) is 0. The van der Waals surface area contributed by atoms with E-state index in [9.17, 15) is 0 Å². The van der Waals surface area contributed by atoms with Gasteiger partial charge in [0, 0.05) is 13.2 Å². The lowest BCUT2D eigenvalue weighted by molar-refractivity contribution is 0.125. The van der Waals surface area contributed by atoms with Crippen molar-refractivity contribution in [1.82, 2.24) is 0 Å². The summed E-state index contributed by atoms with van der Waals surface area (Å²) in [6, 6.07) is 0. The summed E-state index contributed by atoms with van der Waals surface area (Å²) >= 11 is 0. The number of ether oxygens (including phenoxy) is 1. The van der Waals surface area contributed by atoms with Crippen molar-refractivity contribution in [2.24, 2.45) is 0 Å². The molecule has 0 heterocycles. The van der Waals surface area contributed by atoms with E-state index in [1.807, 2.05) is 0 Å². The van der Waals surface area contributed by atoms with Crippen LogP contribution in [0.2, 0.25) is 0 Å². The Kier molecular flexibility index (Phi) is 53.9. The molecule has 0 fully saturated rings. The number of unbranched alkanes of at least 4 members (excludes halogenated alkanes) is 48. The van der Waals surface area contributed by atoms with Gasteiger partial charge in [-0.3, -0.25) is 0 Å². The fourth-order valence-electron chi connectivity index (χ4n) is 8.79. The van der Waals surface area contributed by atoms with Gasteiger partial charge < -0.3 is 4.74 Å². The highest BCUT2D eigenvalue weighted by Crippen LogP contribution is 2.18. The highest BCUT2D eigenvalue weighted by Gasteiger charge is 1.99. The molecule has 0 spiro atoms. The Morgan fingerprint density at radius 1 is 0.145 bits per heavy atom. The van der Waals surface area contributed by atoms with Crippen molar-refractivity contribution in [1.29, 1.82) is 0 Å². The second kappa shape index (κ2) is 54.0. The summed E-state index contributed by atoms with van der Waals surface area (Å²) in [6.45, 7) is 6.62. The van der Waals surface area contributed by atoms with E-state index < -0.39 is 0 Å². The van der Waals surface area contributed by atoms with E-state index in [-0.39, 0.29) is 0 Å². The predicted octanol–water partition coefficient (Wildman–Crippen LogP) is 20.5. The van der Waals surface area contributed by atoms with Gasteiger partial charge in [-0.1, -0.05) is 322 Å². The summed E-state index contributed by atoms with van der Waals surface area (Å²) in [4.78, 5) is 0. The molecule has 0 amide bonds. The van der Waals surface area contributed by atoms with Gasteiger partial charge in [-0.15, -0.1) is 0 Å². The van der Waals surface area contributed by atoms with Crippen LogP contribution in [-0.4, -0.2) is 13.2 Å². The monoisotopic (exact) mass is 775 g/mol. The van der Waals surface area contributed by atoms with Gasteiger partial charge in [0.15, 0.2) is 0 Å². The van der Waals surface area contributed by atoms with E-state index in [0.717, 1.165) is 13.2 Å². The molecule has 0 radical (unpaired) electrons. The fraction of sp³-hybridized carbons (Fsp3) is 1.00. The average molecular weight is 775 g/mol. The molecule has 0 rings (SSSR count). The smallest absolute Gasteiger partial charge is 0.0466 e. The van der Waals surface area contributed by atoms with Crippen molar-refractivity contribution in [3.05, 3.63) is 0 Å². The largest absolute Gasteiger partial charge is 0.381 e. The van der Waals surface area contributed by atoms with Crippen LogP contribution >= 0.6 is 0 Å². The molecule has 0 aliphatic carbocycles. The molecule has 55 heavy (non-hydrogen) atoms. The first-order valence-corrected chi connectivity index (χ1v) is 27.0. The minimum Gasteiger partial charge on any atom is -0.381 e. The molecule has 0 saturated carbocycles. The Labute approximate surface area is 351 Å². The highest BCUT2D eigenvalue weighted by atomic mass is 16.5. The Morgan fingerprint density at radius 2 is 0.255 bits per heavy atom. The van der Waals surface area contributed by atoms with Crippen LogP contribution in [0.1, 0.15) is 335 Å². The number of rotatable bonds is 52. The third-order valence-electron chi connectivity index (χ3n) is 12.8. The van der Waals surface area contributed by atoms with Gasteiger partial charge in [-0.2, -0.15) is 0 Å². The Hall–Kier alpha value is -0.0400. The van der Waals surface area contributed by atoms with Crippen molar-refractivity contribution in [3.63, 3.8) is 0 Å². The highest BCUT2D eigenvalue weighted by molar-refractivity contribution is 4.54. The molecular formula is C54H110O. The second-order valence-corrected chi connectivity index (χ2v) is 18.6. The molecule has 1 nitrogen and oxygen atoms in total. The first-order valence-electron chi connectivity index (χ1n) is 27.0. The van der Waals surface area contributed by atoms with Crippen molar-refractivity contribution in [2.45, 2.75) is 335 Å². The van der Waals surface area contributed by atoms with Crippen LogP contribution in [0.5, 0.6) is 0 Å². The first kappa shape index (κ1) is 55.0. The minimum atomic E-state index is 0.998. The molecule has 0 N–H and O–H groups in total. The lowest BCUT2D eigenvalue weighted by Crippen LogP contribution is -1.97. The van der Waals surface area contributed by atoms with Crippen molar-refractivity contribution >= 4 is 0 Å². The molecule has 0 aromatic rings. The van der Waals surface area contributed by atoms with Crippen molar-refractivity contribution in [3.8, 4) is 0 Å². The zero-order valence-electron chi connectivity index (χ0n) is 39.2. The Balaban J connectivity index is 3.05. The molecule has 0 bridgehead atoms. The predicted molar refractivity (Wildman–Crippen MR) is 253 cm³/mol. The molecule has 0 aromatic carbocycles. The summed E-state index contributed by atoms with van der Waals surface area (Å²) < 4.78 is 5.93. The second-order valence-electron chi connectivity index (χ2n) is 18.6. The zero-order chi connectivity index (χ0) is 39.5. The zero-order valence-corrected chi connectivity index (χ0v) is 39.2. The quantitative estimate of drug-likeness (QED) is 0.0559. The fourth-order valence-corrected chi connectivity index (χ4v) is 8.79. The third-order valence-corrected chi connectivity index (χ3v) is 12.8. The van der Waals surface area contributed by atoms with Gasteiger partial charge in [0.05, 0.1) is 0 Å². The van der Waals surface area contributed by atoms with Crippen LogP contribution in [0, 0.1) is 0 Å². The van der Waals surface area contributed by atoms with Crippen LogP contribution in [0.3, 0.4) is 0 Å². The van der Waals surface area contributed by atoms with Gasteiger partial charge in [0.2, 0.25) is 0 Å². The molecule has 0 aromatic heterocycles. The summed E-state index contributed by atoms with van der Waals surface area (Å²) in [5.41, 5.74) is 0. The summed E-state index contributed by atoms with van der Waals surface area (Å²) in [5.74, 6) is 0. The van der Waals surface area contributed by atoms with Gasteiger partial charge in [0.1, 0.15) is 0 Å². The van der Waals surface area contributed by atoms with E-state index in [2.05, 4.69) is 13.8 Å². The standard InChI is InChI=1S/C54H110O/c1-3-5-7-9-11-13-15-17-19-21-23-24-25-26-27-28-29-30-31-32-33-34-35-36-38-40-42-44-46-48-50-52-54-55-53-51-49-47-45-43-41-39-37-22-20-18-16-14-12-10-8-6-4-2/h3-54H2,1-2H3. The van der Waals surface area contributed by atoms with Gasteiger partial charge in [-0.25, -0.2) is 0 Å². The lowest BCUT2D eigenvalue weighted by atomic mass is 10.0. The van der Waals surface area contributed by atoms with E-state index in [4.69, 9.17) is 4.74 Å². The maximum Gasteiger partial charge on any atom is 0.0466 e. The molecule has 332 valence electrons. The molecule has 0 aliphatic heterocycles. The maximum atomic E-state index is 5.93. The van der Waals surface area contributed by atoms with E-state index in [1.165, 1.54) is 321 Å². The van der Waals surface area contributed by atoms with Crippen LogP contribution in [-0.2, 0) is 4.74 Å². The van der Waals surface area contributed by atoms with Crippen LogP contribution in [0.25, 0.3) is 0 Å². The third kappa shape index (κ3) is 54.0. The van der Waals surface area contributed by atoms with Crippen molar-refractivity contribution < 1.29 is 4.74 Å². The summed E-state index contributed by atoms with van der Waals surface area (Å²) in [6.07, 6.45) is 73.0. The molecule has 1 heteroatoms. The first-order chi connectivity index (χ1) is 27.4. The Morgan fingerprint density at radius 3 is 0.382 bits per heavy atom. The van der Waals surface area contributed by atoms with Crippen LogP contribution in [0.15, 0.2) is 0 Å². The molecule has 0 aliphatic rings. The molecule has 0 atom stereocenters. The van der Waals surface area contributed by atoms with E-state index in [1.54, 1.807) is 0 Å². The maximum absolute atomic E-state index is 5.93. The van der Waals surface area contributed by atoms with E-state index in [0.29, 0.717) is 0 Å². The van der Waals surface area contributed by atoms with Gasteiger partial charge in [0.25, 0.3) is 0 Å². The topological polar surface area (TPSA) is 9.23 Å². The van der Waals surface area contributed by atoms with Crippen LogP contribution in [0.4, 0.5) is 0 Å². The van der Waals surface area contributed by atoms with Gasteiger partial charge in [-0.05, 0) is 12.8 Å². The SMILES string of the molecule is CCCCCCCCCCCCCCCCCCCCCCCCCCCCCCCCCCOCCCCCCCCCCCCCCCCCCCC. The van der Waals surface area contributed by atoms with Crippen molar-refractivity contribution in [2.75, 3.05) is 13.2 Å². The Bertz CT molecular complexity index is 562.